The molecule has 3 heterocycles. The molecule has 1 saturated heterocycles. The molecule has 34 heavy (non-hydrogen) atoms. The van der Waals surface area contributed by atoms with Crippen molar-refractivity contribution in [3.05, 3.63) is 69.9 Å². The fourth-order valence-corrected chi connectivity index (χ4v) is 5.38. The number of H-pyrrole nitrogens is 1. The van der Waals surface area contributed by atoms with Crippen LogP contribution in [-0.2, 0) is 22.3 Å². The number of amides is 1. The number of hydrogen-bond donors (Lipinski definition) is 1. The Balaban J connectivity index is 1.39. The fourth-order valence-electron chi connectivity index (χ4n) is 5.21. The molecule has 1 N–H and O–H groups in total. The number of ether oxygens (including phenoxy) is 2. The van der Waals surface area contributed by atoms with Crippen molar-refractivity contribution >= 4 is 28.6 Å². The summed E-state index contributed by atoms with van der Waals surface area (Å²) in [6.07, 6.45) is 2.67. The normalized spacial score (nSPS) is 18.8. The Morgan fingerprint density at radius 1 is 1.15 bits per heavy atom. The smallest absolute Gasteiger partial charge is 0.410 e. The minimum atomic E-state index is -0.274. The van der Waals surface area contributed by atoms with Gasteiger partial charge in [0.15, 0.2) is 0 Å². The van der Waals surface area contributed by atoms with Crippen molar-refractivity contribution < 1.29 is 14.3 Å². The number of aryl methyl sites for hydroxylation is 1. The number of nitrogens with one attached hydrogen (secondary N) is 1. The molecule has 0 aliphatic carbocycles. The van der Waals surface area contributed by atoms with Crippen LogP contribution in [0.25, 0.3) is 10.9 Å². The number of rotatable bonds is 6. The molecule has 2 aliphatic rings. The number of nitrogens with zero attached hydrogens (tertiary/aromatic N) is 2. The minimum Gasteiger partial charge on any atom is -0.450 e. The summed E-state index contributed by atoms with van der Waals surface area (Å²) in [6.45, 7) is 7.66. The van der Waals surface area contributed by atoms with Crippen molar-refractivity contribution in [3.63, 3.8) is 0 Å². The van der Waals surface area contributed by atoms with E-state index in [0.29, 0.717) is 13.2 Å². The first-order valence-electron chi connectivity index (χ1n) is 12.3. The predicted molar refractivity (Wildman–Crippen MR) is 135 cm³/mol. The summed E-state index contributed by atoms with van der Waals surface area (Å²) in [4.78, 5) is 20.8. The van der Waals surface area contributed by atoms with Gasteiger partial charge in [0.2, 0.25) is 0 Å². The minimum absolute atomic E-state index is 0.212. The molecule has 180 valence electrons. The van der Waals surface area contributed by atoms with Gasteiger partial charge in [0.05, 0.1) is 19.8 Å². The third kappa shape index (κ3) is 4.81. The van der Waals surface area contributed by atoms with E-state index < -0.39 is 0 Å². The molecule has 6 nitrogen and oxygen atoms in total. The zero-order chi connectivity index (χ0) is 23.5. The van der Waals surface area contributed by atoms with Crippen molar-refractivity contribution in [2.24, 2.45) is 0 Å². The zero-order valence-electron chi connectivity index (χ0n) is 19.7. The van der Waals surface area contributed by atoms with Crippen LogP contribution in [0.2, 0.25) is 5.02 Å². The number of hydrogen-bond acceptors (Lipinski definition) is 4. The highest BCUT2D eigenvalue weighted by Crippen LogP contribution is 2.39. The Hall–Kier alpha value is -2.54. The molecule has 0 saturated carbocycles. The Morgan fingerprint density at radius 2 is 1.94 bits per heavy atom. The van der Waals surface area contributed by atoms with Gasteiger partial charge in [-0.2, -0.15) is 0 Å². The maximum atomic E-state index is 12.9. The zero-order valence-corrected chi connectivity index (χ0v) is 20.4. The Labute approximate surface area is 205 Å². The first-order chi connectivity index (χ1) is 16.6. The predicted octanol–water partition coefficient (Wildman–Crippen LogP) is 5.19. The Kier molecular flexibility index (Phi) is 7.09. The summed E-state index contributed by atoms with van der Waals surface area (Å²) >= 11 is 6.29. The largest absolute Gasteiger partial charge is 0.450 e. The van der Waals surface area contributed by atoms with Crippen LogP contribution in [0, 0.1) is 0 Å². The monoisotopic (exact) mass is 481 g/mol. The Morgan fingerprint density at radius 3 is 2.71 bits per heavy atom. The van der Waals surface area contributed by atoms with Crippen LogP contribution in [-0.4, -0.2) is 66.9 Å². The molecule has 0 bridgehead atoms. The van der Waals surface area contributed by atoms with Crippen molar-refractivity contribution in [1.29, 1.82) is 0 Å². The average Bonchev–Trinajstić information content (AvgIpc) is 3.22. The maximum absolute atomic E-state index is 12.9. The summed E-state index contributed by atoms with van der Waals surface area (Å²) < 4.78 is 10.9. The van der Waals surface area contributed by atoms with Crippen molar-refractivity contribution in [1.82, 2.24) is 14.8 Å². The average molecular weight is 482 g/mol. The van der Waals surface area contributed by atoms with E-state index in [4.69, 9.17) is 21.1 Å². The van der Waals surface area contributed by atoms with Gasteiger partial charge >= 0.3 is 6.09 Å². The summed E-state index contributed by atoms with van der Waals surface area (Å²) in [5, 5.41) is 1.86. The molecule has 2 aliphatic heterocycles. The van der Waals surface area contributed by atoms with E-state index >= 15 is 0 Å². The third-order valence-electron chi connectivity index (χ3n) is 6.93. The van der Waals surface area contributed by atoms with E-state index in [1.54, 1.807) is 0 Å². The molecule has 0 radical (unpaired) electrons. The fraction of sp³-hybridized carbons (Fsp3) is 0.444. The van der Waals surface area contributed by atoms with Crippen LogP contribution in [0.5, 0.6) is 0 Å². The first-order valence-corrected chi connectivity index (χ1v) is 12.6. The van der Waals surface area contributed by atoms with Gasteiger partial charge < -0.3 is 14.5 Å². The second kappa shape index (κ2) is 10.4. The number of aromatic amines is 1. The number of carbonyl (C=O) groups excluding carboxylic acids is 1. The highest BCUT2D eigenvalue weighted by molar-refractivity contribution is 6.31. The summed E-state index contributed by atoms with van der Waals surface area (Å²) in [6, 6.07) is 14.4. The van der Waals surface area contributed by atoms with Gasteiger partial charge in [-0.05, 0) is 67.6 Å². The quantitative estimate of drug-likeness (QED) is 0.526. The summed E-state index contributed by atoms with van der Waals surface area (Å²) in [5.41, 5.74) is 5.74. The molecule has 7 heteroatoms. The molecule has 2 aromatic carbocycles. The topological polar surface area (TPSA) is 57.8 Å². The maximum Gasteiger partial charge on any atom is 0.410 e. The summed E-state index contributed by atoms with van der Waals surface area (Å²) in [5.74, 6) is 0. The first kappa shape index (κ1) is 23.2. The SMILES string of the molecule is CCOC(=O)N1CCc2c([nH]c3ccc(Cl)cc23)C1c1ccc(CCCN2CCOCC2)cc1. The van der Waals surface area contributed by atoms with E-state index in [9.17, 15) is 4.79 Å². The van der Waals surface area contributed by atoms with E-state index in [0.717, 1.165) is 79.3 Å². The van der Waals surface area contributed by atoms with Gasteiger partial charge in [-0.1, -0.05) is 35.9 Å². The number of aromatic nitrogens is 1. The van der Waals surface area contributed by atoms with Gasteiger partial charge in [0.1, 0.15) is 6.04 Å². The lowest BCUT2D eigenvalue weighted by molar-refractivity contribution is 0.0374. The number of carbonyl (C=O) groups is 1. The van der Waals surface area contributed by atoms with E-state index in [1.807, 2.05) is 30.0 Å². The lowest BCUT2D eigenvalue weighted by Gasteiger charge is -2.35. The van der Waals surface area contributed by atoms with Crippen molar-refractivity contribution in [2.45, 2.75) is 32.2 Å². The molecule has 1 aromatic heterocycles. The number of benzene rings is 2. The van der Waals surface area contributed by atoms with Gasteiger partial charge in [-0.15, -0.1) is 0 Å². The molecule has 5 rings (SSSR count). The third-order valence-corrected chi connectivity index (χ3v) is 7.17. The Bertz CT molecular complexity index is 1140. The second-order valence-electron chi connectivity index (χ2n) is 9.05. The molecule has 1 unspecified atom stereocenters. The molecular formula is C27H32ClN3O3. The van der Waals surface area contributed by atoms with Crippen LogP contribution in [0.3, 0.4) is 0 Å². The van der Waals surface area contributed by atoms with Crippen LogP contribution in [0.15, 0.2) is 42.5 Å². The van der Waals surface area contributed by atoms with E-state index in [1.165, 1.54) is 11.1 Å². The van der Waals surface area contributed by atoms with E-state index in [2.05, 4.69) is 34.1 Å². The highest BCUT2D eigenvalue weighted by Gasteiger charge is 2.35. The lowest BCUT2D eigenvalue weighted by Crippen LogP contribution is -2.41. The molecule has 0 spiro atoms. The van der Waals surface area contributed by atoms with Crippen molar-refractivity contribution in [3.8, 4) is 0 Å². The van der Waals surface area contributed by atoms with Crippen LogP contribution in [0.1, 0.15) is 41.8 Å². The highest BCUT2D eigenvalue weighted by atomic mass is 35.5. The molecule has 1 fully saturated rings. The van der Waals surface area contributed by atoms with Crippen LogP contribution in [0.4, 0.5) is 4.79 Å². The number of halogens is 1. The molecule has 1 atom stereocenters. The van der Waals surface area contributed by atoms with E-state index in [-0.39, 0.29) is 12.1 Å². The van der Waals surface area contributed by atoms with Gasteiger partial charge in [0, 0.05) is 41.3 Å². The molecular weight excluding hydrogens is 450 g/mol. The number of morpholine rings is 1. The molecule has 3 aromatic rings. The molecule has 1 amide bonds. The number of fused-ring (bicyclic) bond motifs is 3. The lowest BCUT2D eigenvalue weighted by atomic mass is 9.92. The van der Waals surface area contributed by atoms with Crippen LogP contribution >= 0.6 is 11.6 Å². The second-order valence-corrected chi connectivity index (χ2v) is 9.49. The van der Waals surface area contributed by atoms with Gasteiger partial charge in [-0.25, -0.2) is 4.79 Å². The van der Waals surface area contributed by atoms with Gasteiger partial charge in [0.25, 0.3) is 0 Å². The van der Waals surface area contributed by atoms with Gasteiger partial charge in [-0.3, -0.25) is 9.80 Å². The van der Waals surface area contributed by atoms with Crippen molar-refractivity contribution in [2.75, 3.05) is 46.0 Å². The van der Waals surface area contributed by atoms with Crippen LogP contribution < -0.4 is 0 Å². The summed E-state index contributed by atoms with van der Waals surface area (Å²) in [7, 11) is 0. The standard InChI is InChI=1S/C27H32ClN3O3/c1-2-34-27(32)31-13-11-22-23-18-21(28)9-10-24(23)29-25(22)26(31)20-7-5-19(6-8-20)4-3-12-30-14-16-33-17-15-30/h5-10,18,26,29H,2-4,11-17H2,1H3.